The van der Waals surface area contributed by atoms with Gasteiger partial charge in [0.2, 0.25) is 5.91 Å². The Morgan fingerprint density at radius 1 is 1.14 bits per heavy atom. The van der Waals surface area contributed by atoms with Crippen LogP contribution in [-0.2, 0) is 4.79 Å². The van der Waals surface area contributed by atoms with E-state index in [9.17, 15) is 19.8 Å². The number of rotatable bonds is 4. The minimum Gasteiger partial charge on any atom is -0.508 e. The molecule has 142 valence electrons. The second-order valence-corrected chi connectivity index (χ2v) is 6.57. The third kappa shape index (κ3) is 2.96. The second kappa shape index (κ2) is 6.77. The summed E-state index contributed by atoms with van der Waals surface area (Å²) < 4.78 is 6.98. The minimum absolute atomic E-state index is 0.0302. The molecule has 7 nitrogen and oxygen atoms in total. The number of methoxy groups -OCH3 is 1. The molecular weight excluding hydrogens is 360 g/mol. The molecule has 7 heteroatoms. The monoisotopic (exact) mass is 378 g/mol. The molecule has 28 heavy (non-hydrogen) atoms. The fraction of sp³-hybridized carbons (Fsp3) is 0.143. The van der Waals surface area contributed by atoms with Gasteiger partial charge in [-0.05, 0) is 42.0 Å². The number of aromatic nitrogens is 1. The fourth-order valence-corrected chi connectivity index (χ4v) is 3.57. The molecule has 0 aliphatic carbocycles. The van der Waals surface area contributed by atoms with Gasteiger partial charge in [-0.1, -0.05) is 12.1 Å². The number of carbonyl (C=O) groups excluding carboxylic acids is 1. The van der Waals surface area contributed by atoms with Crippen molar-refractivity contribution in [2.45, 2.75) is 12.3 Å². The summed E-state index contributed by atoms with van der Waals surface area (Å²) in [6, 6.07) is 13.8. The number of nitrogens with one attached hydrogen (secondary N) is 1. The van der Waals surface area contributed by atoms with Gasteiger partial charge in [0.15, 0.2) is 0 Å². The molecule has 1 amide bonds. The summed E-state index contributed by atoms with van der Waals surface area (Å²) in [6.07, 6.45) is 1.70. The van der Waals surface area contributed by atoms with Crippen LogP contribution in [0.15, 0.2) is 54.7 Å². The van der Waals surface area contributed by atoms with E-state index in [1.807, 2.05) is 12.1 Å². The van der Waals surface area contributed by atoms with Gasteiger partial charge in [-0.3, -0.25) is 4.79 Å². The zero-order valence-corrected chi connectivity index (χ0v) is 15.0. The minimum atomic E-state index is -1.12. The second-order valence-electron chi connectivity index (χ2n) is 6.57. The Labute approximate surface area is 160 Å². The first kappa shape index (κ1) is 17.7. The van der Waals surface area contributed by atoms with E-state index < -0.39 is 5.97 Å². The third-order valence-corrected chi connectivity index (χ3v) is 4.90. The number of ether oxygens (including phenoxy) is 1. The maximum absolute atomic E-state index is 12.3. The number of carboxylic acid groups (broad SMARTS) is 1. The maximum Gasteiger partial charge on any atom is 0.339 e. The van der Waals surface area contributed by atoms with E-state index in [0.717, 1.165) is 11.3 Å². The molecule has 0 saturated carbocycles. The van der Waals surface area contributed by atoms with Gasteiger partial charge in [0, 0.05) is 24.2 Å². The summed E-state index contributed by atoms with van der Waals surface area (Å²) in [5, 5.41) is 22.0. The van der Waals surface area contributed by atoms with Crippen LogP contribution in [-0.4, -0.2) is 33.8 Å². The Hall–Kier alpha value is -3.74. The molecule has 3 aromatic rings. The topological polar surface area (TPSA) is 101 Å². The molecule has 1 aliphatic rings. The lowest BCUT2D eigenvalue weighted by molar-refractivity contribution is -0.116. The van der Waals surface area contributed by atoms with Crippen molar-refractivity contribution in [1.29, 1.82) is 0 Å². The van der Waals surface area contributed by atoms with Crippen LogP contribution in [0, 0.1) is 0 Å². The van der Waals surface area contributed by atoms with Crippen LogP contribution in [0.4, 0.5) is 5.69 Å². The normalized spacial score (nSPS) is 15.6. The number of hydrogen-bond acceptors (Lipinski definition) is 4. The number of anilines is 1. The van der Waals surface area contributed by atoms with E-state index in [-0.39, 0.29) is 29.6 Å². The molecule has 0 unspecified atom stereocenters. The molecule has 0 bridgehead atoms. The van der Waals surface area contributed by atoms with Crippen molar-refractivity contribution < 1.29 is 24.5 Å². The molecule has 1 aliphatic heterocycles. The first-order valence-electron chi connectivity index (χ1n) is 8.69. The van der Waals surface area contributed by atoms with Crippen LogP contribution in [0.25, 0.3) is 5.69 Å². The lowest BCUT2D eigenvalue weighted by Gasteiger charge is -2.26. The number of amides is 1. The van der Waals surface area contributed by atoms with Crippen molar-refractivity contribution in [1.82, 2.24) is 4.57 Å². The van der Waals surface area contributed by atoms with Gasteiger partial charge < -0.3 is 24.8 Å². The van der Waals surface area contributed by atoms with Gasteiger partial charge in [-0.2, -0.15) is 0 Å². The highest BCUT2D eigenvalue weighted by Crippen LogP contribution is 2.42. The van der Waals surface area contributed by atoms with Gasteiger partial charge in [-0.15, -0.1) is 0 Å². The maximum atomic E-state index is 12.3. The molecule has 0 fully saturated rings. The molecule has 0 spiro atoms. The molecule has 2 heterocycles. The third-order valence-electron chi connectivity index (χ3n) is 4.90. The van der Waals surface area contributed by atoms with Crippen molar-refractivity contribution >= 4 is 17.6 Å². The van der Waals surface area contributed by atoms with E-state index in [1.165, 1.54) is 6.20 Å². The molecule has 3 N–H and O–H groups in total. The molecule has 0 saturated heterocycles. The van der Waals surface area contributed by atoms with Gasteiger partial charge >= 0.3 is 5.97 Å². The lowest BCUT2D eigenvalue weighted by atomic mass is 9.88. The largest absolute Gasteiger partial charge is 0.508 e. The van der Waals surface area contributed by atoms with Gasteiger partial charge in [0.1, 0.15) is 17.1 Å². The highest BCUT2D eigenvalue weighted by molar-refractivity contribution is 6.04. The highest BCUT2D eigenvalue weighted by atomic mass is 16.5. The lowest BCUT2D eigenvalue weighted by Crippen LogP contribution is -2.25. The van der Waals surface area contributed by atoms with Crippen molar-refractivity contribution in [2.75, 3.05) is 12.4 Å². The average molecular weight is 378 g/mol. The average Bonchev–Trinajstić information content (AvgIpc) is 3.07. The number of aromatic carboxylic acids is 1. The summed E-state index contributed by atoms with van der Waals surface area (Å²) >= 11 is 0. The predicted molar refractivity (Wildman–Crippen MR) is 102 cm³/mol. The summed E-state index contributed by atoms with van der Waals surface area (Å²) in [6.45, 7) is 0. The van der Waals surface area contributed by atoms with Crippen LogP contribution < -0.4 is 10.1 Å². The summed E-state index contributed by atoms with van der Waals surface area (Å²) in [5.41, 5.74) is 2.59. The van der Waals surface area contributed by atoms with E-state index in [4.69, 9.17) is 4.74 Å². The van der Waals surface area contributed by atoms with Crippen LogP contribution in [0.5, 0.6) is 11.5 Å². The number of benzene rings is 2. The van der Waals surface area contributed by atoms with Crippen LogP contribution in [0.1, 0.15) is 34.0 Å². The quantitative estimate of drug-likeness (QED) is 0.646. The Morgan fingerprint density at radius 3 is 2.43 bits per heavy atom. The molecule has 2 aromatic carbocycles. The van der Waals surface area contributed by atoms with Crippen molar-refractivity contribution in [3.8, 4) is 17.2 Å². The molecule has 0 radical (unpaired) electrons. The number of phenols is 1. The first-order valence-corrected chi connectivity index (χ1v) is 8.69. The molecule has 1 atom stereocenters. The number of nitrogens with zero attached hydrogens (tertiary/aromatic N) is 1. The Morgan fingerprint density at radius 2 is 1.82 bits per heavy atom. The number of aromatic hydroxyl groups is 1. The molecule has 1 aromatic heterocycles. The number of hydrogen-bond donors (Lipinski definition) is 3. The van der Waals surface area contributed by atoms with Crippen LogP contribution in [0.3, 0.4) is 0 Å². The van der Waals surface area contributed by atoms with Gasteiger partial charge in [0.25, 0.3) is 0 Å². The standard InChI is InChI=1S/C21H18N2O5/c1-28-15-8-4-13(5-9-15)23-11-17(21(26)27)19-20(23)16(10-18(25)22-19)12-2-6-14(24)7-3-12/h2-9,11,16,24H,10H2,1H3,(H,22,25)(H,26,27)/t16-/m1/s1. The Bertz CT molecular complexity index is 1050. The van der Waals surface area contributed by atoms with Crippen molar-refractivity contribution in [3.05, 3.63) is 71.5 Å². The molecular formula is C21H18N2O5. The number of carbonyl (C=O) groups is 2. The Kier molecular flexibility index (Phi) is 4.27. The highest BCUT2D eigenvalue weighted by Gasteiger charge is 2.34. The zero-order chi connectivity index (χ0) is 19.8. The van der Waals surface area contributed by atoms with Crippen LogP contribution >= 0.6 is 0 Å². The zero-order valence-electron chi connectivity index (χ0n) is 15.0. The van der Waals surface area contributed by atoms with Crippen molar-refractivity contribution in [3.63, 3.8) is 0 Å². The summed E-state index contributed by atoms with van der Waals surface area (Å²) in [5.74, 6) is -0.900. The Balaban J connectivity index is 1.92. The summed E-state index contributed by atoms with van der Waals surface area (Å²) in [4.78, 5) is 24.1. The first-order chi connectivity index (χ1) is 13.5. The fourth-order valence-electron chi connectivity index (χ4n) is 3.57. The molecule has 4 rings (SSSR count). The smallest absolute Gasteiger partial charge is 0.339 e. The predicted octanol–water partition coefficient (Wildman–Crippen LogP) is 3.36. The van der Waals surface area contributed by atoms with E-state index in [0.29, 0.717) is 17.1 Å². The summed E-state index contributed by atoms with van der Waals surface area (Å²) in [7, 11) is 1.57. The van der Waals surface area contributed by atoms with E-state index in [1.54, 1.807) is 48.1 Å². The number of carboxylic acids is 1. The SMILES string of the molecule is COc1ccc(-n2cc(C(=O)O)c3c2[C@@H](c2ccc(O)cc2)CC(=O)N3)cc1. The number of phenolic OH excluding ortho intramolecular Hbond substituents is 1. The van der Waals surface area contributed by atoms with E-state index in [2.05, 4.69) is 5.32 Å². The van der Waals surface area contributed by atoms with Gasteiger partial charge in [-0.25, -0.2) is 4.79 Å². The van der Waals surface area contributed by atoms with Crippen molar-refractivity contribution in [2.24, 2.45) is 0 Å². The van der Waals surface area contributed by atoms with Gasteiger partial charge in [0.05, 0.1) is 18.5 Å². The van der Waals surface area contributed by atoms with E-state index >= 15 is 0 Å². The number of fused-ring (bicyclic) bond motifs is 1. The van der Waals surface area contributed by atoms with Crippen LogP contribution in [0.2, 0.25) is 0 Å².